The summed E-state index contributed by atoms with van der Waals surface area (Å²) in [5.74, 6) is 1.17. The van der Waals surface area contributed by atoms with Gasteiger partial charge in [0.15, 0.2) is 11.5 Å². The Morgan fingerprint density at radius 1 is 1.27 bits per heavy atom. The van der Waals surface area contributed by atoms with E-state index < -0.39 is 6.04 Å². The van der Waals surface area contributed by atoms with Crippen molar-refractivity contribution in [2.45, 2.75) is 12.5 Å². The normalized spacial score (nSPS) is 13.7. The quantitative estimate of drug-likeness (QED) is 0.922. The molecule has 1 aliphatic rings. The van der Waals surface area contributed by atoms with Crippen molar-refractivity contribution in [2.75, 3.05) is 18.7 Å². The number of hydrogen-bond donors (Lipinski definition) is 1. The second kappa shape index (κ2) is 6.03. The van der Waals surface area contributed by atoms with E-state index in [-0.39, 0.29) is 12.7 Å². The van der Waals surface area contributed by atoms with Crippen LogP contribution in [-0.4, -0.2) is 30.8 Å². The summed E-state index contributed by atoms with van der Waals surface area (Å²) in [7, 11) is 1.70. The molecular formula is C16H17N3O3. The molecule has 1 unspecified atom stereocenters. The average Bonchev–Trinajstić information content (AvgIpc) is 3.02. The lowest BCUT2D eigenvalue weighted by Gasteiger charge is -2.21. The number of carbonyl (C=O) groups is 1. The first-order valence-corrected chi connectivity index (χ1v) is 6.97. The molecule has 2 heterocycles. The highest BCUT2D eigenvalue weighted by atomic mass is 16.7. The topological polar surface area (TPSA) is 77.7 Å². The number of hydrogen-bond acceptors (Lipinski definition) is 5. The molecule has 0 bridgehead atoms. The number of likely N-dealkylation sites (N-methyl/N-ethyl adjacent to an activating group) is 1. The van der Waals surface area contributed by atoms with Crippen LogP contribution in [0.1, 0.15) is 5.56 Å². The number of nitrogens with zero attached hydrogens (tertiary/aromatic N) is 2. The summed E-state index contributed by atoms with van der Waals surface area (Å²) >= 11 is 0. The van der Waals surface area contributed by atoms with Gasteiger partial charge in [-0.05, 0) is 36.2 Å². The van der Waals surface area contributed by atoms with E-state index >= 15 is 0 Å². The number of ether oxygens (including phenoxy) is 2. The zero-order valence-corrected chi connectivity index (χ0v) is 12.2. The highest BCUT2D eigenvalue weighted by Crippen LogP contribution is 2.35. The van der Waals surface area contributed by atoms with Crippen molar-refractivity contribution < 1.29 is 14.3 Å². The van der Waals surface area contributed by atoms with Crippen LogP contribution in [0.2, 0.25) is 0 Å². The zero-order chi connectivity index (χ0) is 15.5. The molecule has 22 heavy (non-hydrogen) atoms. The summed E-state index contributed by atoms with van der Waals surface area (Å²) < 4.78 is 10.6. The van der Waals surface area contributed by atoms with Crippen molar-refractivity contribution in [3.8, 4) is 11.5 Å². The first-order chi connectivity index (χ1) is 10.6. The molecule has 6 nitrogen and oxygen atoms in total. The molecular weight excluding hydrogens is 282 g/mol. The van der Waals surface area contributed by atoms with Crippen LogP contribution in [0.25, 0.3) is 0 Å². The first kappa shape index (κ1) is 14.3. The third-order valence-electron chi connectivity index (χ3n) is 3.60. The maximum absolute atomic E-state index is 12.5. The van der Waals surface area contributed by atoms with Gasteiger partial charge in [-0.3, -0.25) is 9.78 Å². The molecule has 2 aromatic rings. The highest BCUT2D eigenvalue weighted by Gasteiger charge is 2.22. The van der Waals surface area contributed by atoms with Gasteiger partial charge in [-0.15, -0.1) is 0 Å². The molecule has 3 rings (SSSR count). The summed E-state index contributed by atoms with van der Waals surface area (Å²) in [4.78, 5) is 17.9. The molecule has 0 saturated heterocycles. The Labute approximate surface area is 128 Å². The van der Waals surface area contributed by atoms with Crippen LogP contribution in [-0.2, 0) is 11.2 Å². The van der Waals surface area contributed by atoms with Crippen LogP contribution in [0.15, 0.2) is 42.7 Å². The van der Waals surface area contributed by atoms with Gasteiger partial charge < -0.3 is 20.1 Å². The van der Waals surface area contributed by atoms with Crippen molar-refractivity contribution in [1.29, 1.82) is 0 Å². The SMILES string of the molecule is CN(C(=O)C(N)Cc1ccncc1)c1ccc2c(c1)OCO2. The monoisotopic (exact) mass is 299 g/mol. The number of nitrogens with two attached hydrogens (primary N) is 1. The summed E-state index contributed by atoms with van der Waals surface area (Å²) in [6.07, 6.45) is 3.85. The summed E-state index contributed by atoms with van der Waals surface area (Å²) in [6, 6.07) is 8.47. The molecule has 114 valence electrons. The third kappa shape index (κ3) is 2.87. The van der Waals surface area contributed by atoms with E-state index in [0.29, 0.717) is 17.9 Å². The van der Waals surface area contributed by atoms with Gasteiger partial charge in [0.25, 0.3) is 0 Å². The second-order valence-electron chi connectivity index (χ2n) is 5.10. The number of fused-ring (bicyclic) bond motifs is 1. The predicted molar refractivity (Wildman–Crippen MR) is 81.9 cm³/mol. The Kier molecular flexibility index (Phi) is 3.93. The number of aromatic nitrogens is 1. The van der Waals surface area contributed by atoms with E-state index in [4.69, 9.17) is 15.2 Å². The lowest BCUT2D eigenvalue weighted by molar-refractivity contribution is -0.119. The predicted octanol–water partition coefficient (Wildman–Crippen LogP) is 1.34. The lowest BCUT2D eigenvalue weighted by Crippen LogP contribution is -2.43. The maximum Gasteiger partial charge on any atom is 0.243 e. The lowest BCUT2D eigenvalue weighted by atomic mass is 10.1. The Hall–Kier alpha value is -2.60. The van der Waals surface area contributed by atoms with Crippen molar-refractivity contribution in [1.82, 2.24) is 4.98 Å². The van der Waals surface area contributed by atoms with Gasteiger partial charge in [0.05, 0.1) is 6.04 Å². The van der Waals surface area contributed by atoms with Crippen molar-refractivity contribution in [3.05, 3.63) is 48.3 Å². The van der Waals surface area contributed by atoms with Gasteiger partial charge >= 0.3 is 0 Å². The Morgan fingerprint density at radius 2 is 2.00 bits per heavy atom. The van der Waals surface area contributed by atoms with E-state index in [1.54, 1.807) is 31.6 Å². The van der Waals surface area contributed by atoms with E-state index in [0.717, 1.165) is 11.3 Å². The summed E-state index contributed by atoms with van der Waals surface area (Å²) in [6.45, 7) is 0.206. The number of anilines is 1. The molecule has 6 heteroatoms. The molecule has 0 spiro atoms. The van der Waals surface area contributed by atoms with E-state index in [1.165, 1.54) is 4.90 Å². The molecule has 1 aromatic heterocycles. The highest BCUT2D eigenvalue weighted by molar-refractivity contribution is 5.97. The van der Waals surface area contributed by atoms with Crippen molar-refractivity contribution in [3.63, 3.8) is 0 Å². The molecule has 1 atom stereocenters. The minimum atomic E-state index is -0.613. The molecule has 1 aliphatic heterocycles. The van der Waals surface area contributed by atoms with Gasteiger partial charge in [-0.2, -0.15) is 0 Å². The van der Waals surface area contributed by atoms with E-state index in [2.05, 4.69) is 4.98 Å². The molecule has 1 amide bonds. The van der Waals surface area contributed by atoms with Gasteiger partial charge in [-0.1, -0.05) is 0 Å². The Morgan fingerprint density at radius 3 is 2.77 bits per heavy atom. The van der Waals surface area contributed by atoms with Crippen LogP contribution in [0, 0.1) is 0 Å². The van der Waals surface area contributed by atoms with Gasteiger partial charge in [-0.25, -0.2) is 0 Å². The van der Waals surface area contributed by atoms with Gasteiger partial charge in [0.2, 0.25) is 12.7 Å². The number of amides is 1. The fourth-order valence-corrected chi connectivity index (χ4v) is 2.33. The number of benzene rings is 1. The first-order valence-electron chi connectivity index (χ1n) is 6.97. The third-order valence-corrected chi connectivity index (χ3v) is 3.60. The van der Waals surface area contributed by atoms with E-state index in [9.17, 15) is 4.79 Å². The van der Waals surface area contributed by atoms with Crippen LogP contribution in [0.3, 0.4) is 0 Å². The zero-order valence-electron chi connectivity index (χ0n) is 12.2. The Bertz CT molecular complexity index is 676. The smallest absolute Gasteiger partial charge is 0.243 e. The minimum absolute atomic E-state index is 0.157. The summed E-state index contributed by atoms with van der Waals surface area (Å²) in [5.41, 5.74) is 7.74. The maximum atomic E-state index is 12.5. The number of pyridine rings is 1. The average molecular weight is 299 g/mol. The molecule has 0 saturated carbocycles. The fourth-order valence-electron chi connectivity index (χ4n) is 2.33. The van der Waals surface area contributed by atoms with Crippen LogP contribution < -0.4 is 20.1 Å². The Balaban J connectivity index is 1.71. The number of rotatable bonds is 4. The molecule has 0 radical (unpaired) electrons. The van der Waals surface area contributed by atoms with Gasteiger partial charge in [0, 0.05) is 31.2 Å². The van der Waals surface area contributed by atoms with Crippen LogP contribution in [0.4, 0.5) is 5.69 Å². The standard InChI is InChI=1S/C16H17N3O3/c1-19(12-2-3-14-15(9-12)22-10-21-14)16(20)13(17)8-11-4-6-18-7-5-11/h2-7,9,13H,8,10,17H2,1H3. The van der Waals surface area contributed by atoms with Gasteiger partial charge in [0.1, 0.15) is 0 Å². The van der Waals surface area contributed by atoms with E-state index in [1.807, 2.05) is 18.2 Å². The molecule has 1 aromatic carbocycles. The van der Waals surface area contributed by atoms with Crippen molar-refractivity contribution in [2.24, 2.45) is 5.73 Å². The molecule has 0 fully saturated rings. The van der Waals surface area contributed by atoms with Crippen LogP contribution in [0.5, 0.6) is 11.5 Å². The molecule has 0 aliphatic carbocycles. The molecule has 2 N–H and O–H groups in total. The fraction of sp³-hybridized carbons (Fsp3) is 0.250. The van der Waals surface area contributed by atoms with Crippen LogP contribution >= 0.6 is 0 Å². The van der Waals surface area contributed by atoms with Crippen molar-refractivity contribution >= 4 is 11.6 Å². The second-order valence-corrected chi connectivity index (χ2v) is 5.10. The largest absolute Gasteiger partial charge is 0.454 e. The summed E-state index contributed by atoms with van der Waals surface area (Å²) in [5, 5.41) is 0. The number of carbonyl (C=O) groups excluding carboxylic acids is 1. The minimum Gasteiger partial charge on any atom is -0.454 e.